The molecule has 2 bridgehead atoms. The molecule has 11 atom stereocenters. The molecule has 37 heteroatoms. The van der Waals surface area contributed by atoms with Crippen LogP contribution in [0.3, 0.4) is 0 Å². The summed E-state index contributed by atoms with van der Waals surface area (Å²) in [5, 5.41) is 66.4. The number of phenols is 2. The number of phenolic OH excluding ortho intramolecular Hbond substituents is 2. The lowest BCUT2D eigenvalue weighted by Gasteiger charge is -2.37. The van der Waals surface area contributed by atoms with Crippen LogP contribution in [0.4, 0.5) is 5.69 Å². The van der Waals surface area contributed by atoms with Gasteiger partial charge in [0.25, 0.3) is 0 Å². The number of likely N-dealkylation sites (N-methyl/N-ethyl adjacent to an activating group) is 4. The summed E-state index contributed by atoms with van der Waals surface area (Å²) >= 11 is 0.819. The highest BCUT2D eigenvalue weighted by Crippen LogP contribution is 2.32. The molecule has 1 aromatic heterocycles. The summed E-state index contributed by atoms with van der Waals surface area (Å²) < 4.78 is 0. The number of nitrogens with zero attached hydrogens (tertiary/aromatic N) is 5. The highest BCUT2D eigenvalue weighted by Gasteiger charge is 2.43. The van der Waals surface area contributed by atoms with E-state index in [1.54, 1.807) is 135 Å². The summed E-state index contributed by atoms with van der Waals surface area (Å²) in [5.41, 5.74) is 8.89. The van der Waals surface area contributed by atoms with Crippen molar-refractivity contribution in [3.8, 4) is 11.5 Å². The number of nitrogens with two attached hydrogens (primary N) is 1. The van der Waals surface area contributed by atoms with E-state index in [0.717, 1.165) is 36.3 Å². The van der Waals surface area contributed by atoms with Crippen LogP contribution < -0.4 is 58.5 Å². The number of amides is 15. The molecule has 127 heavy (non-hydrogen) atoms. The largest absolute Gasteiger partial charge is 0.508 e. The van der Waals surface area contributed by atoms with Gasteiger partial charge in [-0.3, -0.25) is 76.7 Å². The quantitative estimate of drug-likeness (QED) is 0.0467. The standard InChI is InChI=1S/C90H110N16O20S/c1-8-9-29-71-89(125)102(4)47-76(111)95-66(44-79(114)115)84(120)100-69(49-107)87(123)104(6)73(39-54-23-15-11-16-24-54)85(121)99-68-41-57-32-35-60(109)43-72(57)106(88(68)124)48-77(112)94-65(42-58-45-92-62-28-20-19-27-61(58)62)83(119)98-64(37-56-30-33-59(108)34-31-56)82(118)97-63(36-52(2)3)81(117)101-70(80(116)93-46-75(91)110)50-127-51-78(113)96-67(38-53-21-13-10-14-22-53)86(122)105(7)74(90(126)103(71)5)40-55-25-17-12-18-26-55/h10-28,30-35,43,45,52,63-71,73-74,92,107-109H,8-9,29,36-42,44,46-51H2,1-7H3,(H2,91,110)(H,93,116)(H,94,112)(H,95,111)(H,96,113)(H,97,118)(H,98,119)(H,99,121)(H,100,120)(H,101,117)(H,114,115)/t63-,64?,65-,66-,67-,68-,69-,70-,71-,73-,74-/m0/s1. The van der Waals surface area contributed by atoms with Crippen LogP contribution in [-0.4, -0.2) is 272 Å². The first kappa shape index (κ1) is 97.1. The third-order valence-electron chi connectivity index (χ3n) is 21.8. The number of benzene rings is 6. The molecule has 2 aliphatic rings. The maximum absolute atomic E-state index is 15.5. The van der Waals surface area contributed by atoms with Gasteiger partial charge in [-0.25, -0.2) is 0 Å². The predicted octanol–water partition coefficient (Wildman–Crippen LogP) is 0.551. The monoisotopic (exact) mass is 1770 g/mol. The Morgan fingerprint density at radius 3 is 1.64 bits per heavy atom. The number of aliphatic hydroxyl groups is 1. The maximum atomic E-state index is 15.5. The first-order valence-corrected chi connectivity index (χ1v) is 42.7. The number of aromatic nitrogens is 1. The fourth-order valence-corrected chi connectivity index (χ4v) is 15.9. The van der Waals surface area contributed by atoms with Crippen molar-refractivity contribution in [2.24, 2.45) is 11.7 Å². The van der Waals surface area contributed by atoms with E-state index in [-0.39, 0.29) is 74.5 Å². The Hall–Kier alpha value is -13.7. The van der Waals surface area contributed by atoms with Crippen LogP contribution in [0.25, 0.3) is 10.9 Å². The molecule has 36 nitrogen and oxygen atoms in total. The van der Waals surface area contributed by atoms with Gasteiger partial charge in [-0.05, 0) is 76.4 Å². The Bertz CT molecular complexity index is 5100. The number of primary amides is 1. The summed E-state index contributed by atoms with van der Waals surface area (Å²) in [6, 6.07) is 24.4. The number of fused-ring (bicyclic) bond motifs is 5. The molecule has 1 unspecified atom stereocenters. The number of aromatic amines is 1. The van der Waals surface area contributed by atoms with Crippen LogP contribution in [0, 0.1) is 5.92 Å². The minimum absolute atomic E-state index is 0.0101. The molecule has 2 aliphatic heterocycles. The lowest BCUT2D eigenvalue weighted by molar-refractivity contribution is -0.151. The van der Waals surface area contributed by atoms with E-state index < -0.39 is 205 Å². The number of hydrogen-bond donors (Lipinski definition) is 15. The molecule has 676 valence electrons. The van der Waals surface area contributed by atoms with Crippen molar-refractivity contribution in [1.82, 2.24) is 72.4 Å². The number of carboxylic acids is 1. The third kappa shape index (κ3) is 27.6. The zero-order chi connectivity index (χ0) is 92.3. The molecule has 16 N–H and O–H groups in total. The second kappa shape index (κ2) is 46.3. The first-order valence-electron chi connectivity index (χ1n) is 41.6. The van der Waals surface area contributed by atoms with Crippen LogP contribution in [0.15, 0.2) is 164 Å². The number of aliphatic hydroxyl groups excluding tert-OH is 1. The molecule has 1 fully saturated rings. The number of carboxylic acid groups (broad SMARTS) is 1. The Balaban J connectivity index is 1.11. The van der Waals surface area contributed by atoms with Gasteiger partial charge in [-0.15, -0.1) is 11.8 Å². The Morgan fingerprint density at radius 2 is 1.02 bits per heavy atom. The average Bonchev–Trinajstić information content (AvgIpc) is 1.14. The van der Waals surface area contributed by atoms with Gasteiger partial charge < -0.3 is 103 Å². The van der Waals surface area contributed by atoms with Crippen LogP contribution >= 0.6 is 11.8 Å². The molecule has 0 aliphatic carbocycles. The topological polar surface area (TPSA) is 520 Å². The number of rotatable bonds is 21. The van der Waals surface area contributed by atoms with Crippen LogP contribution in [0.2, 0.25) is 0 Å². The van der Waals surface area contributed by atoms with Crippen molar-refractivity contribution in [3.63, 3.8) is 0 Å². The zero-order valence-electron chi connectivity index (χ0n) is 71.6. The lowest BCUT2D eigenvalue weighted by atomic mass is 9.95. The highest BCUT2D eigenvalue weighted by atomic mass is 32.2. The van der Waals surface area contributed by atoms with Crippen LogP contribution in [0.1, 0.15) is 86.3 Å². The number of carbonyl (C=O) groups is 16. The number of anilines is 1. The van der Waals surface area contributed by atoms with Crippen molar-refractivity contribution in [2.75, 3.05) is 70.8 Å². The van der Waals surface area contributed by atoms with Crippen LogP contribution in [-0.2, 0) is 115 Å². The first-order chi connectivity index (χ1) is 60.6. The van der Waals surface area contributed by atoms with Crippen LogP contribution in [0.5, 0.6) is 11.5 Å². The van der Waals surface area contributed by atoms with E-state index in [4.69, 9.17) is 5.73 Å². The second-order valence-corrected chi connectivity index (χ2v) is 33.0. The number of unbranched alkanes of at least 4 members (excludes halogenated alkanes) is 1. The molecule has 7 aromatic rings. The van der Waals surface area contributed by atoms with Gasteiger partial charge in [-0.1, -0.05) is 161 Å². The third-order valence-corrected chi connectivity index (χ3v) is 22.9. The van der Waals surface area contributed by atoms with Crippen molar-refractivity contribution < 1.29 is 97.1 Å². The van der Waals surface area contributed by atoms with Gasteiger partial charge in [0.15, 0.2) is 0 Å². The maximum Gasteiger partial charge on any atom is 0.305 e. The molecule has 0 radical (unpaired) electrons. The van der Waals surface area contributed by atoms with Gasteiger partial charge in [-0.2, -0.15) is 0 Å². The number of carbonyl (C=O) groups excluding carboxylic acids is 15. The fourth-order valence-electron chi connectivity index (χ4n) is 15.0. The van der Waals surface area contributed by atoms with Crippen molar-refractivity contribution in [2.45, 2.75) is 158 Å². The molecule has 0 spiro atoms. The Kier molecular flexibility index (Phi) is 35.4. The SMILES string of the molecule is CCCC[C@H]1C(=O)N(C)CC(=O)N[C@@H](CC(=O)O)C(=O)N[C@@H](CO)C(=O)N(C)[C@@H](Cc2ccccc2)C(=O)N[C@H]2Cc3ccc(O)cc3N(CC(=O)N[C@@H](Cc3c[nH]c4ccccc34)C(=O)NC(Cc3ccc(O)cc3)C(=O)N[C@@H](CC(C)C)C(=O)N[C@H](C(=O)NCC(N)=O)CSCC(=O)N[C@@H](Cc3ccccc3)C(=O)N(C)[C@@H](Cc3ccccc3)C(=O)N1C)C2=O. The molecular weight excluding hydrogens is 1660 g/mol. The van der Waals surface area contributed by atoms with Gasteiger partial charge >= 0.3 is 5.97 Å². The number of aromatic hydroxyl groups is 2. The predicted molar refractivity (Wildman–Crippen MR) is 469 cm³/mol. The molecule has 0 saturated carbocycles. The van der Waals surface area contributed by atoms with Gasteiger partial charge in [0, 0.05) is 95.6 Å². The minimum atomic E-state index is -2.00. The normalized spacial score (nSPS) is 22.3. The van der Waals surface area contributed by atoms with Gasteiger partial charge in [0.2, 0.25) is 88.6 Å². The Labute approximate surface area is 738 Å². The second-order valence-electron chi connectivity index (χ2n) is 32.0. The summed E-state index contributed by atoms with van der Waals surface area (Å²) in [7, 11) is 5.09. The van der Waals surface area contributed by atoms with Crippen molar-refractivity contribution >= 4 is 123 Å². The summed E-state index contributed by atoms with van der Waals surface area (Å²) in [6.07, 6.45) is -0.185. The van der Waals surface area contributed by atoms with E-state index in [1.807, 2.05) is 6.92 Å². The van der Waals surface area contributed by atoms with E-state index in [9.17, 15) is 63.6 Å². The van der Waals surface area contributed by atoms with Gasteiger partial charge in [0.05, 0.1) is 37.6 Å². The number of H-pyrrole nitrogens is 1. The number of thioether (sulfide) groups is 1. The molecule has 3 heterocycles. The molecule has 9 rings (SSSR count). The lowest BCUT2D eigenvalue weighted by Crippen LogP contribution is -2.62. The number of aliphatic carboxylic acids is 1. The number of para-hydroxylation sites is 1. The van der Waals surface area contributed by atoms with Gasteiger partial charge in [0.1, 0.15) is 84.5 Å². The smallest absolute Gasteiger partial charge is 0.305 e. The number of nitrogens with one attached hydrogen (secondary N) is 10. The summed E-state index contributed by atoms with van der Waals surface area (Å²) in [4.78, 5) is 242. The summed E-state index contributed by atoms with van der Waals surface area (Å²) in [6.45, 7) is 1.69. The molecule has 1 saturated heterocycles. The zero-order valence-corrected chi connectivity index (χ0v) is 72.4. The van der Waals surface area contributed by atoms with E-state index in [2.05, 4.69) is 52.8 Å². The average molecular weight is 1770 g/mol. The minimum Gasteiger partial charge on any atom is -0.508 e. The summed E-state index contributed by atoms with van der Waals surface area (Å²) in [5.74, 6) is -17.7. The highest BCUT2D eigenvalue weighted by molar-refractivity contribution is 8.00. The Morgan fingerprint density at radius 1 is 0.512 bits per heavy atom. The fraction of sp³-hybridized carbons (Fsp3) is 0.400. The number of hydrogen-bond acceptors (Lipinski definition) is 20. The van der Waals surface area contributed by atoms with E-state index >= 15 is 33.6 Å². The molecular formula is C90H110N16O20S. The van der Waals surface area contributed by atoms with Crippen molar-refractivity contribution in [3.05, 3.63) is 197 Å². The molecule has 6 aromatic carbocycles. The molecule has 15 amide bonds. The van der Waals surface area contributed by atoms with E-state index in [0.29, 0.717) is 57.1 Å². The van der Waals surface area contributed by atoms with Crippen molar-refractivity contribution in [1.29, 1.82) is 0 Å². The van der Waals surface area contributed by atoms with E-state index in [1.165, 1.54) is 70.7 Å².